The van der Waals surface area contributed by atoms with Crippen LogP contribution in [0.5, 0.6) is 0 Å². The monoisotopic (exact) mass is 381 g/mol. The molecule has 0 radical (unpaired) electrons. The van der Waals surface area contributed by atoms with Crippen LogP contribution in [0.2, 0.25) is 0 Å². The van der Waals surface area contributed by atoms with E-state index in [1.165, 1.54) is 0 Å². The molecule has 4 rings (SSSR count). The standard InChI is InChI=1S/C21H23N3O4/c1-2-19(25)23-8-7-14-10-16(5-6-18(14)23)24-13-15(11-20(24)26)21(27)22-12-17-4-3-9-28-17/h3-6,9-10,15H,2,7-8,11-13H2,1H3,(H,22,27)/t15-/m0/s1. The van der Waals surface area contributed by atoms with E-state index in [0.717, 1.165) is 23.4 Å². The summed E-state index contributed by atoms with van der Waals surface area (Å²) in [5.41, 5.74) is 2.78. The lowest BCUT2D eigenvalue weighted by atomic mass is 10.1. The van der Waals surface area contributed by atoms with Crippen molar-refractivity contribution in [2.45, 2.75) is 32.7 Å². The van der Waals surface area contributed by atoms with Crippen molar-refractivity contribution >= 4 is 29.1 Å². The highest BCUT2D eigenvalue weighted by molar-refractivity contribution is 6.01. The molecule has 2 aliphatic heterocycles. The summed E-state index contributed by atoms with van der Waals surface area (Å²) in [6.45, 7) is 3.21. The molecule has 1 fully saturated rings. The average molecular weight is 381 g/mol. The minimum absolute atomic E-state index is 0.0578. The van der Waals surface area contributed by atoms with E-state index in [0.29, 0.717) is 31.8 Å². The Balaban J connectivity index is 1.43. The second-order valence-electron chi connectivity index (χ2n) is 7.16. The summed E-state index contributed by atoms with van der Waals surface area (Å²) in [6.07, 6.45) is 3.01. The Hall–Kier alpha value is -3.09. The largest absolute Gasteiger partial charge is 0.467 e. The van der Waals surface area contributed by atoms with Crippen LogP contribution in [0.15, 0.2) is 41.0 Å². The van der Waals surface area contributed by atoms with Crippen LogP contribution in [0.3, 0.4) is 0 Å². The minimum atomic E-state index is -0.381. The Morgan fingerprint density at radius 3 is 2.89 bits per heavy atom. The van der Waals surface area contributed by atoms with Crippen LogP contribution in [-0.2, 0) is 27.3 Å². The quantitative estimate of drug-likeness (QED) is 0.861. The summed E-state index contributed by atoms with van der Waals surface area (Å²) in [6, 6.07) is 9.30. The van der Waals surface area contributed by atoms with Crippen LogP contribution in [0, 0.1) is 5.92 Å². The van der Waals surface area contributed by atoms with Gasteiger partial charge in [0.25, 0.3) is 0 Å². The van der Waals surface area contributed by atoms with Crippen LogP contribution in [0.1, 0.15) is 31.1 Å². The Morgan fingerprint density at radius 2 is 2.14 bits per heavy atom. The molecular formula is C21H23N3O4. The van der Waals surface area contributed by atoms with Crippen molar-refractivity contribution in [2.75, 3.05) is 22.9 Å². The number of rotatable bonds is 5. The first-order valence-corrected chi connectivity index (χ1v) is 9.60. The van der Waals surface area contributed by atoms with Crippen LogP contribution >= 0.6 is 0 Å². The predicted octanol–water partition coefficient (Wildman–Crippen LogP) is 2.25. The molecule has 0 spiro atoms. The van der Waals surface area contributed by atoms with Gasteiger partial charge >= 0.3 is 0 Å². The van der Waals surface area contributed by atoms with Gasteiger partial charge in [-0.15, -0.1) is 0 Å². The van der Waals surface area contributed by atoms with E-state index in [4.69, 9.17) is 4.42 Å². The first-order chi connectivity index (χ1) is 13.6. The van der Waals surface area contributed by atoms with Crippen molar-refractivity contribution in [3.05, 3.63) is 47.9 Å². The van der Waals surface area contributed by atoms with Gasteiger partial charge < -0.3 is 19.5 Å². The molecule has 1 atom stereocenters. The fourth-order valence-electron chi connectivity index (χ4n) is 3.87. The van der Waals surface area contributed by atoms with Crippen LogP contribution < -0.4 is 15.1 Å². The maximum atomic E-state index is 12.5. The van der Waals surface area contributed by atoms with E-state index in [9.17, 15) is 14.4 Å². The van der Waals surface area contributed by atoms with Crippen molar-refractivity contribution in [3.8, 4) is 0 Å². The maximum absolute atomic E-state index is 12.5. The smallest absolute Gasteiger partial charge is 0.227 e. The van der Waals surface area contributed by atoms with Gasteiger partial charge in [0.2, 0.25) is 17.7 Å². The predicted molar refractivity (Wildman–Crippen MR) is 104 cm³/mol. The molecule has 2 aromatic rings. The highest BCUT2D eigenvalue weighted by atomic mass is 16.3. The van der Waals surface area contributed by atoms with Gasteiger partial charge in [0, 0.05) is 37.3 Å². The Labute approximate surface area is 163 Å². The summed E-state index contributed by atoms with van der Waals surface area (Å²) in [7, 11) is 0. The summed E-state index contributed by atoms with van der Waals surface area (Å²) in [5.74, 6) is 0.205. The lowest BCUT2D eigenvalue weighted by Crippen LogP contribution is -2.32. The van der Waals surface area contributed by atoms with E-state index in [1.54, 1.807) is 28.2 Å². The van der Waals surface area contributed by atoms with Crippen LogP contribution in [0.25, 0.3) is 0 Å². The zero-order valence-electron chi connectivity index (χ0n) is 15.8. The number of carbonyl (C=O) groups is 3. The van der Waals surface area contributed by atoms with E-state index in [1.807, 2.05) is 25.1 Å². The molecule has 2 aliphatic rings. The highest BCUT2D eigenvalue weighted by Crippen LogP contribution is 2.34. The number of amides is 3. The molecule has 1 aromatic heterocycles. The minimum Gasteiger partial charge on any atom is -0.467 e. The molecular weight excluding hydrogens is 358 g/mol. The van der Waals surface area contributed by atoms with Crippen molar-refractivity contribution in [3.63, 3.8) is 0 Å². The topological polar surface area (TPSA) is 82.9 Å². The summed E-state index contributed by atoms with van der Waals surface area (Å²) in [4.78, 5) is 40.4. The van der Waals surface area contributed by atoms with Crippen LogP contribution in [0.4, 0.5) is 11.4 Å². The molecule has 146 valence electrons. The van der Waals surface area contributed by atoms with Crippen molar-refractivity contribution in [1.29, 1.82) is 0 Å². The number of nitrogens with zero attached hydrogens (tertiary/aromatic N) is 2. The molecule has 3 amide bonds. The molecule has 7 heteroatoms. The van der Waals surface area contributed by atoms with E-state index in [2.05, 4.69) is 5.32 Å². The normalized spacial score (nSPS) is 18.5. The molecule has 0 bridgehead atoms. The molecule has 28 heavy (non-hydrogen) atoms. The summed E-state index contributed by atoms with van der Waals surface area (Å²) in [5, 5.41) is 2.83. The third kappa shape index (κ3) is 3.40. The SMILES string of the molecule is CCC(=O)N1CCc2cc(N3C[C@@H](C(=O)NCc4ccco4)CC3=O)ccc21. The van der Waals surface area contributed by atoms with Gasteiger partial charge in [-0.25, -0.2) is 0 Å². The number of anilines is 2. The second-order valence-corrected chi connectivity index (χ2v) is 7.16. The van der Waals surface area contributed by atoms with E-state index >= 15 is 0 Å². The van der Waals surface area contributed by atoms with Gasteiger partial charge in [0.1, 0.15) is 5.76 Å². The zero-order chi connectivity index (χ0) is 19.7. The van der Waals surface area contributed by atoms with Gasteiger partial charge in [0.05, 0.1) is 18.7 Å². The molecule has 3 heterocycles. The van der Waals surface area contributed by atoms with Gasteiger partial charge in [0.15, 0.2) is 0 Å². The highest BCUT2D eigenvalue weighted by Gasteiger charge is 2.35. The first-order valence-electron chi connectivity index (χ1n) is 9.60. The number of fused-ring (bicyclic) bond motifs is 1. The van der Waals surface area contributed by atoms with Crippen molar-refractivity contribution in [1.82, 2.24) is 5.32 Å². The lowest BCUT2D eigenvalue weighted by Gasteiger charge is -2.20. The molecule has 7 nitrogen and oxygen atoms in total. The van der Waals surface area contributed by atoms with Gasteiger partial charge in [-0.2, -0.15) is 0 Å². The van der Waals surface area contributed by atoms with Gasteiger partial charge in [-0.3, -0.25) is 14.4 Å². The summed E-state index contributed by atoms with van der Waals surface area (Å²) >= 11 is 0. The third-order valence-corrected chi connectivity index (χ3v) is 5.39. The Kier molecular flexibility index (Phi) is 4.90. The second kappa shape index (κ2) is 7.50. The number of benzene rings is 1. The molecule has 1 N–H and O–H groups in total. The number of hydrogen-bond donors (Lipinski definition) is 1. The lowest BCUT2D eigenvalue weighted by molar-refractivity contribution is -0.126. The fourth-order valence-corrected chi connectivity index (χ4v) is 3.87. The number of carbonyl (C=O) groups excluding carboxylic acids is 3. The zero-order valence-corrected chi connectivity index (χ0v) is 15.8. The molecule has 0 aliphatic carbocycles. The Bertz CT molecular complexity index is 906. The van der Waals surface area contributed by atoms with E-state index in [-0.39, 0.29) is 30.1 Å². The fraction of sp³-hybridized carbons (Fsp3) is 0.381. The molecule has 1 aromatic carbocycles. The molecule has 1 saturated heterocycles. The first kappa shape index (κ1) is 18.3. The average Bonchev–Trinajstić information content (AvgIpc) is 3.44. The maximum Gasteiger partial charge on any atom is 0.227 e. The third-order valence-electron chi connectivity index (χ3n) is 5.39. The van der Waals surface area contributed by atoms with Crippen molar-refractivity contribution in [2.24, 2.45) is 5.92 Å². The molecule has 0 saturated carbocycles. The number of hydrogen-bond acceptors (Lipinski definition) is 4. The number of furan rings is 1. The Morgan fingerprint density at radius 1 is 1.29 bits per heavy atom. The summed E-state index contributed by atoms with van der Waals surface area (Å²) < 4.78 is 5.21. The van der Waals surface area contributed by atoms with E-state index < -0.39 is 0 Å². The van der Waals surface area contributed by atoms with Crippen molar-refractivity contribution < 1.29 is 18.8 Å². The van der Waals surface area contributed by atoms with Gasteiger partial charge in [-0.05, 0) is 42.3 Å². The van der Waals surface area contributed by atoms with Gasteiger partial charge in [-0.1, -0.05) is 6.92 Å². The molecule has 0 unspecified atom stereocenters. The van der Waals surface area contributed by atoms with Crippen LogP contribution in [-0.4, -0.2) is 30.8 Å². The number of nitrogens with one attached hydrogen (secondary N) is 1.